The minimum Gasteiger partial charge on any atom is -0.204 e. The van der Waals surface area contributed by atoms with Crippen LogP contribution in [0.2, 0.25) is 10.0 Å². The van der Waals surface area contributed by atoms with Crippen molar-refractivity contribution >= 4 is 39.1 Å². The third kappa shape index (κ3) is 1.68. The fraction of sp³-hybridized carbons (Fsp3) is 0.143. The largest absolute Gasteiger partial charge is 0.204 e. The second kappa shape index (κ2) is 3.30. The first-order chi connectivity index (χ1) is 5.04. The minimum atomic E-state index is -0.578. The Balaban J connectivity index is 3.46. The molecular formula is C7H4BrCl2F. The zero-order valence-corrected chi connectivity index (χ0v) is 8.69. The van der Waals surface area contributed by atoms with Crippen LogP contribution in [0.25, 0.3) is 0 Å². The molecule has 0 nitrogen and oxygen atoms in total. The van der Waals surface area contributed by atoms with E-state index in [-0.39, 0.29) is 10.0 Å². The maximum Gasteiger partial charge on any atom is 0.161 e. The Kier molecular flexibility index (Phi) is 2.79. The van der Waals surface area contributed by atoms with Gasteiger partial charge in [0.15, 0.2) is 5.82 Å². The van der Waals surface area contributed by atoms with Crippen molar-refractivity contribution < 1.29 is 4.39 Å². The molecule has 0 heterocycles. The molecule has 0 fully saturated rings. The average molecular weight is 258 g/mol. The molecule has 0 N–H and O–H groups in total. The number of hydrogen-bond donors (Lipinski definition) is 0. The summed E-state index contributed by atoms with van der Waals surface area (Å²) in [4.78, 5) is 0. The van der Waals surface area contributed by atoms with Crippen molar-refractivity contribution in [1.29, 1.82) is 0 Å². The molecule has 0 bridgehead atoms. The fourth-order valence-electron chi connectivity index (χ4n) is 0.691. The first-order valence-corrected chi connectivity index (χ1v) is 4.38. The lowest BCUT2D eigenvalue weighted by molar-refractivity contribution is 0.627. The molecule has 0 saturated carbocycles. The van der Waals surface area contributed by atoms with E-state index in [1.54, 1.807) is 6.92 Å². The Morgan fingerprint density at radius 3 is 2.55 bits per heavy atom. The van der Waals surface area contributed by atoms with Gasteiger partial charge in [-0.25, -0.2) is 4.39 Å². The van der Waals surface area contributed by atoms with Gasteiger partial charge in [0, 0.05) is 4.47 Å². The molecule has 0 spiro atoms. The molecule has 4 heteroatoms. The molecule has 0 amide bonds. The summed E-state index contributed by atoms with van der Waals surface area (Å²) in [5.41, 5.74) is 0.821. The van der Waals surface area contributed by atoms with Crippen LogP contribution in [0.1, 0.15) is 5.56 Å². The first-order valence-electron chi connectivity index (χ1n) is 2.83. The van der Waals surface area contributed by atoms with E-state index in [0.717, 1.165) is 5.56 Å². The predicted octanol–water partition coefficient (Wildman–Crippen LogP) is 4.20. The van der Waals surface area contributed by atoms with Gasteiger partial charge in [-0.3, -0.25) is 0 Å². The Labute approximate surface area is 82.4 Å². The molecule has 11 heavy (non-hydrogen) atoms. The lowest BCUT2D eigenvalue weighted by atomic mass is 10.2. The minimum absolute atomic E-state index is 0.0370. The maximum absolute atomic E-state index is 12.9. The third-order valence-corrected chi connectivity index (χ3v) is 3.16. The number of benzene rings is 1. The van der Waals surface area contributed by atoms with E-state index in [1.807, 2.05) is 0 Å². The van der Waals surface area contributed by atoms with Gasteiger partial charge in [-0.1, -0.05) is 23.2 Å². The maximum atomic E-state index is 12.9. The molecule has 1 aromatic rings. The van der Waals surface area contributed by atoms with Gasteiger partial charge in [0.2, 0.25) is 0 Å². The Bertz CT molecular complexity index is 273. The monoisotopic (exact) mass is 256 g/mol. The van der Waals surface area contributed by atoms with Crippen LogP contribution in [0.15, 0.2) is 10.5 Å². The highest BCUT2D eigenvalue weighted by molar-refractivity contribution is 9.10. The molecular weight excluding hydrogens is 254 g/mol. The zero-order valence-electron chi connectivity index (χ0n) is 5.59. The Morgan fingerprint density at radius 1 is 1.45 bits per heavy atom. The summed E-state index contributed by atoms with van der Waals surface area (Å²) in [6, 6.07) is 1.52. The van der Waals surface area contributed by atoms with Gasteiger partial charge in [-0.05, 0) is 34.5 Å². The van der Waals surface area contributed by atoms with E-state index < -0.39 is 5.82 Å². The molecule has 0 aliphatic heterocycles. The van der Waals surface area contributed by atoms with Crippen LogP contribution in [0, 0.1) is 12.7 Å². The molecule has 0 aliphatic carbocycles. The number of halogens is 4. The van der Waals surface area contributed by atoms with Gasteiger partial charge in [-0.2, -0.15) is 0 Å². The fourth-order valence-corrected chi connectivity index (χ4v) is 1.54. The van der Waals surface area contributed by atoms with Gasteiger partial charge in [0.1, 0.15) is 0 Å². The molecule has 0 unspecified atom stereocenters. The summed E-state index contributed by atoms with van der Waals surface area (Å²) in [6.07, 6.45) is 0. The second-order valence-electron chi connectivity index (χ2n) is 2.12. The van der Waals surface area contributed by atoms with Crippen LogP contribution in [-0.2, 0) is 0 Å². The average Bonchev–Trinajstić information content (AvgIpc) is 1.97. The van der Waals surface area contributed by atoms with Crippen LogP contribution in [0.5, 0.6) is 0 Å². The van der Waals surface area contributed by atoms with Crippen molar-refractivity contribution in [2.45, 2.75) is 6.92 Å². The Morgan fingerprint density at radius 2 is 2.00 bits per heavy atom. The van der Waals surface area contributed by atoms with Crippen LogP contribution >= 0.6 is 39.1 Å². The number of rotatable bonds is 0. The summed E-state index contributed by atoms with van der Waals surface area (Å²) in [5, 5.41) is 0.0886. The molecule has 0 atom stereocenters. The normalized spacial score (nSPS) is 10.3. The van der Waals surface area contributed by atoms with Crippen molar-refractivity contribution in [3.63, 3.8) is 0 Å². The summed E-state index contributed by atoms with van der Waals surface area (Å²) in [6.45, 7) is 1.79. The topological polar surface area (TPSA) is 0 Å². The quantitative estimate of drug-likeness (QED) is 0.483. The summed E-state index contributed by atoms with van der Waals surface area (Å²) >= 11 is 14.2. The molecule has 1 aromatic carbocycles. The molecule has 0 radical (unpaired) electrons. The molecule has 60 valence electrons. The van der Waals surface area contributed by atoms with E-state index in [9.17, 15) is 4.39 Å². The highest BCUT2D eigenvalue weighted by Crippen LogP contribution is 2.32. The predicted molar refractivity (Wildman–Crippen MR) is 48.9 cm³/mol. The van der Waals surface area contributed by atoms with Gasteiger partial charge in [0.05, 0.1) is 10.0 Å². The van der Waals surface area contributed by atoms with Gasteiger partial charge in [0.25, 0.3) is 0 Å². The lowest BCUT2D eigenvalue weighted by Gasteiger charge is -2.03. The smallest absolute Gasteiger partial charge is 0.161 e. The molecule has 0 aromatic heterocycles. The van der Waals surface area contributed by atoms with Crippen LogP contribution < -0.4 is 0 Å². The molecule has 0 saturated heterocycles. The summed E-state index contributed by atoms with van der Waals surface area (Å²) in [5.74, 6) is -0.578. The zero-order chi connectivity index (χ0) is 8.59. The third-order valence-electron chi connectivity index (χ3n) is 1.28. The van der Waals surface area contributed by atoms with Crippen molar-refractivity contribution in [1.82, 2.24) is 0 Å². The second-order valence-corrected chi connectivity index (χ2v) is 3.70. The SMILES string of the molecule is Cc1cc(Cl)c(F)c(Cl)c1Br. The molecule has 1 rings (SSSR count). The van der Waals surface area contributed by atoms with Crippen LogP contribution in [0.3, 0.4) is 0 Å². The summed E-state index contributed by atoms with van der Waals surface area (Å²) < 4.78 is 13.4. The highest BCUT2D eigenvalue weighted by Gasteiger charge is 2.10. The number of aryl methyl sites for hydroxylation is 1. The van der Waals surface area contributed by atoms with E-state index in [2.05, 4.69) is 15.9 Å². The van der Waals surface area contributed by atoms with Crippen molar-refractivity contribution in [2.24, 2.45) is 0 Å². The van der Waals surface area contributed by atoms with Gasteiger partial charge < -0.3 is 0 Å². The summed E-state index contributed by atoms with van der Waals surface area (Å²) in [7, 11) is 0. The van der Waals surface area contributed by atoms with Gasteiger partial charge >= 0.3 is 0 Å². The van der Waals surface area contributed by atoms with Crippen molar-refractivity contribution in [3.8, 4) is 0 Å². The van der Waals surface area contributed by atoms with E-state index in [0.29, 0.717) is 4.47 Å². The van der Waals surface area contributed by atoms with Crippen molar-refractivity contribution in [2.75, 3.05) is 0 Å². The standard InChI is InChI=1S/C7H4BrCl2F/c1-3-2-4(9)7(11)6(10)5(3)8/h2H,1H3. The Hall–Kier alpha value is 0.210. The van der Waals surface area contributed by atoms with Crippen molar-refractivity contribution in [3.05, 3.63) is 32.0 Å². The van der Waals surface area contributed by atoms with E-state index in [4.69, 9.17) is 23.2 Å². The van der Waals surface area contributed by atoms with Gasteiger partial charge in [-0.15, -0.1) is 0 Å². The number of hydrogen-bond acceptors (Lipinski definition) is 0. The van der Waals surface area contributed by atoms with E-state index >= 15 is 0 Å². The van der Waals surface area contributed by atoms with Crippen LogP contribution in [-0.4, -0.2) is 0 Å². The molecule has 0 aliphatic rings. The highest BCUT2D eigenvalue weighted by atomic mass is 79.9. The van der Waals surface area contributed by atoms with E-state index in [1.165, 1.54) is 6.07 Å². The first kappa shape index (κ1) is 9.30. The van der Waals surface area contributed by atoms with Crippen LogP contribution in [0.4, 0.5) is 4.39 Å². The lowest BCUT2D eigenvalue weighted by Crippen LogP contribution is -1.84.